The van der Waals surface area contributed by atoms with Gasteiger partial charge >= 0.3 is 6.09 Å². The molecule has 3 N–H and O–H groups in total. The Kier molecular flexibility index (Phi) is 4.86. The second kappa shape index (κ2) is 7.51. The number of halogens is 2. The number of carbonyl (C=O) groups excluding carboxylic acids is 2. The maximum Gasteiger partial charge on any atom is 0.416 e. The van der Waals surface area contributed by atoms with Crippen LogP contribution in [0.15, 0.2) is 18.2 Å². The van der Waals surface area contributed by atoms with Crippen molar-refractivity contribution in [2.45, 2.75) is 19.0 Å². The summed E-state index contributed by atoms with van der Waals surface area (Å²) in [6.07, 6.45) is -3.84. The summed E-state index contributed by atoms with van der Waals surface area (Å²) in [6.45, 7) is -0.168. The summed E-state index contributed by atoms with van der Waals surface area (Å²) in [4.78, 5) is 28.1. The van der Waals surface area contributed by atoms with Crippen LogP contribution >= 0.6 is 0 Å². The van der Waals surface area contributed by atoms with Gasteiger partial charge in [-0.15, -0.1) is 0 Å². The predicted octanol–water partition coefficient (Wildman–Crippen LogP) is 1.30. The highest BCUT2D eigenvalue weighted by molar-refractivity contribution is 5.91. The number of imidazole rings is 1. The van der Waals surface area contributed by atoms with Gasteiger partial charge in [0.25, 0.3) is 6.43 Å². The van der Waals surface area contributed by atoms with Crippen LogP contribution in [-0.2, 0) is 16.1 Å². The number of ether oxygens (including phenoxy) is 2. The van der Waals surface area contributed by atoms with Gasteiger partial charge in [0.1, 0.15) is 36.9 Å². The number of amides is 2. The van der Waals surface area contributed by atoms with Crippen LogP contribution in [-0.4, -0.2) is 53.8 Å². The Morgan fingerprint density at radius 3 is 2.93 bits per heavy atom. The fourth-order valence-corrected chi connectivity index (χ4v) is 3.38. The number of nitrogens with two attached hydrogens (primary N) is 1. The molecular weight excluding hydrogens is 402 g/mol. The van der Waals surface area contributed by atoms with E-state index in [0.29, 0.717) is 22.8 Å². The smallest absolute Gasteiger partial charge is 0.416 e. The highest BCUT2D eigenvalue weighted by Gasteiger charge is 2.43. The normalized spacial score (nSPS) is 17.5. The lowest BCUT2D eigenvalue weighted by atomic mass is 10.1. The summed E-state index contributed by atoms with van der Waals surface area (Å²) in [7, 11) is 0. The standard InChI is InChI=1S/C18H16F2N6O4/c19-15(20)12-8-30-18(28)26(12)17-11(6-21)25-3-4-29-13-5-9(23-7-14(22)27)1-2-10(13)16(25)24-17/h1-2,5,12,15,23H,3-4,7-8H2,(H2,22,27). The average Bonchev–Trinajstić information content (AvgIpc) is 3.21. The lowest BCUT2D eigenvalue weighted by molar-refractivity contribution is -0.116. The lowest BCUT2D eigenvalue weighted by Crippen LogP contribution is -2.39. The van der Waals surface area contributed by atoms with Crippen molar-refractivity contribution in [2.75, 3.05) is 30.0 Å². The molecule has 1 saturated heterocycles. The van der Waals surface area contributed by atoms with E-state index in [2.05, 4.69) is 10.3 Å². The van der Waals surface area contributed by atoms with Gasteiger partial charge in [-0.05, 0) is 12.1 Å². The molecule has 0 bridgehead atoms. The largest absolute Gasteiger partial charge is 0.491 e. The summed E-state index contributed by atoms with van der Waals surface area (Å²) in [6, 6.07) is 5.38. The zero-order valence-corrected chi connectivity index (χ0v) is 15.5. The quantitative estimate of drug-likeness (QED) is 0.747. The SMILES string of the molecule is N#Cc1c(N2C(=O)OCC2C(F)F)nc2n1CCOc1cc(NCC(N)=O)ccc1-2. The number of rotatable bonds is 5. The first kappa shape index (κ1) is 19.4. The molecule has 4 rings (SSSR count). The second-order valence-electron chi connectivity index (χ2n) is 6.60. The van der Waals surface area contributed by atoms with Gasteiger partial charge in [0, 0.05) is 11.8 Å². The number of hydrogen-bond acceptors (Lipinski definition) is 7. The summed E-state index contributed by atoms with van der Waals surface area (Å²) in [5.41, 5.74) is 6.17. The van der Waals surface area contributed by atoms with E-state index < -0.39 is 31.1 Å². The summed E-state index contributed by atoms with van der Waals surface area (Å²) in [5.74, 6) is 0.00163. The van der Waals surface area contributed by atoms with Crippen molar-refractivity contribution in [1.29, 1.82) is 5.26 Å². The van der Waals surface area contributed by atoms with Gasteiger partial charge in [-0.3, -0.25) is 4.79 Å². The van der Waals surface area contributed by atoms with Crippen molar-refractivity contribution in [3.05, 3.63) is 23.9 Å². The predicted molar refractivity (Wildman–Crippen MR) is 99.2 cm³/mol. The molecule has 156 valence electrons. The van der Waals surface area contributed by atoms with E-state index in [1.165, 1.54) is 4.57 Å². The van der Waals surface area contributed by atoms with Gasteiger partial charge in [0.2, 0.25) is 5.91 Å². The molecule has 30 heavy (non-hydrogen) atoms. The minimum absolute atomic E-state index is 0.0399. The lowest BCUT2D eigenvalue weighted by Gasteiger charge is -2.18. The van der Waals surface area contributed by atoms with E-state index in [0.717, 1.165) is 4.90 Å². The van der Waals surface area contributed by atoms with Crippen molar-refractivity contribution in [1.82, 2.24) is 9.55 Å². The number of aromatic nitrogens is 2. The highest BCUT2D eigenvalue weighted by Crippen LogP contribution is 2.38. The van der Waals surface area contributed by atoms with Crippen molar-refractivity contribution in [3.63, 3.8) is 0 Å². The zero-order chi connectivity index (χ0) is 21.4. The van der Waals surface area contributed by atoms with E-state index in [9.17, 15) is 23.6 Å². The molecule has 0 saturated carbocycles. The Morgan fingerprint density at radius 1 is 1.43 bits per heavy atom. The first-order valence-corrected chi connectivity index (χ1v) is 8.95. The van der Waals surface area contributed by atoms with Crippen LogP contribution in [0.3, 0.4) is 0 Å². The molecule has 10 nitrogen and oxygen atoms in total. The molecule has 12 heteroatoms. The molecule has 3 heterocycles. The van der Waals surface area contributed by atoms with Gasteiger partial charge in [0.15, 0.2) is 11.5 Å². The molecule has 1 aromatic heterocycles. The number of alkyl halides is 2. The molecule has 1 fully saturated rings. The molecule has 2 aliphatic rings. The maximum atomic E-state index is 13.4. The van der Waals surface area contributed by atoms with Crippen molar-refractivity contribution >= 4 is 23.5 Å². The topological polar surface area (TPSA) is 136 Å². The van der Waals surface area contributed by atoms with E-state index >= 15 is 0 Å². The van der Waals surface area contributed by atoms with Crippen molar-refractivity contribution in [3.8, 4) is 23.2 Å². The molecule has 2 aliphatic heterocycles. The number of nitrogens with zero attached hydrogens (tertiary/aromatic N) is 4. The number of nitrogens with one attached hydrogen (secondary N) is 1. The van der Waals surface area contributed by atoms with Crippen LogP contribution in [0, 0.1) is 11.3 Å². The number of anilines is 2. The van der Waals surface area contributed by atoms with Crippen LogP contribution in [0.4, 0.5) is 25.1 Å². The number of carbonyl (C=O) groups is 2. The van der Waals surface area contributed by atoms with Crippen LogP contribution in [0.2, 0.25) is 0 Å². The van der Waals surface area contributed by atoms with Crippen LogP contribution in [0.1, 0.15) is 5.69 Å². The van der Waals surface area contributed by atoms with Crippen LogP contribution < -0.4 is 20.7 Å². The number of nitriles is 1. The summed E-state index contributed by atoms with van der Waals surface area (Å²) >= 11 is 0. The number of primary amides is 1. The average molecular weight is 418 g/mol. The third-order valence-corrected chi connectivity index (χ3v) is 4.74. The number of cyclic esters (lactones) is 1. The first-order chi connectivity index (χ1) is 14.4. The van der Waals surface area contributed by atoms with Gasteiger partial charge in [0.05, 0.1) is 18.7 Å². The minimum Gasteiger partial charge on any atom is -0.491 e. The maximum absolute atomic E-state index is 13.4. The third kappa shape index (κ3) is 3.24. The fraction of sp³-hybridized carbons (Fsp3) is 0.333. The van der Waals surface area contributed by atoms with Crippen LogP contribution in [0.5, 0.6) is 5.75 Å². The van der Waals surface area contributed by atoms with Gasteiger partial charge < -0.3 is 25.1 Å². The Balaban J connectivity index is 1.79. The highest BCUT2D eigenvalue weighted by atomic mass is 19.3. The minimum atomic E-state index is -2.86. The van der Waals surface area contributed by atoms with E-state index in [-0.39, 0.29) is 31.2 Å². The first-order valence-electron chi connectivity index (χ1n) is 8.95. The van der Waals surface area contributed by atoms with Crippen LogP contribution in [0.25, 0.3) is 11.4 Å². The molecule has 0 radical (unpaired) electrons. The van der Waals surface area contributed by atoms with Gasteiger partial charge in [-0.25, -0.2) is 23.5 Å². The molecule has 2 aromatic rings. The monoisotopic (exact) mass is 418 g/mol. The van der Waals surface area contributed by atoms with Crippen molar-refractivity contribution < 1.29 is 27.8 Å². The molecule has 0 aliphatic carbocycles. The molecule has 0 spiro atoms. The Bertz CT molecular complexity index is 1060. The van der Waals surface area contributed by atoms with Gasteiger partial charge in [-0.2, -0.15) is 5.26 Å². The second-order valence-corrected chi connectivity index (χ2v) is 6.60. The van der Waals surface area contributed by atoms with E-state index in [4.69, 9.17) is 15.2 Å². The Labute approximate surface area is 168 Å². The van der Waals surface area contributed by atoms with Gasteiger partial charge in [-0.1, -0.05) is 0 Å². The van der Waals surface area contributed by atoms with E-state index in [1.807, 2.05) is 6.07 Å². The fourth-order valence-electron chi connectivity index (χ4n) is 3.38. The molecule has 1 unspecified atom stereocenters. The number of benzene rings is 1. The molecule has 1 aromatic carbocycles. The summed E-state index contributed by atoms with van der Waals surface area (Å²) < 4.78 is 38.8. The number of hydrogen-bond donors (Lipinski definition) is 2. The van der Waals surface area contributed by atoms with E-state index in [1.54, 1.807) is 18.2 Å². The number of fused-ring (bicyclic) bond motifs is 3. The summed E-state index contributed by atoms with van der Waals surface area (Å²) in [5, 5.41) is 12.5. The Hall–Kier alpha value is -3.88. The molecule has 1 atom stereocenters. The molecule has 2 amide bonds. The Morgan fingerprint density at radius 2 is 2.23 bits per heavy atom. The van der Waals surface area contributed by atoms with Crippen molar-refractivity contribution in [2.24, 2.45) is 5.73 Å². The third-order valence-electron chi connectivity index (χ3n) is 4.74. The molecular formula is C18H16F2N6O4. The zero-order valence-electron chi connectivity index (χ0n) is 15.5.